The molecule has 0 spiro atoms. The fourth-order valence-electron chi connectivity index (χ4n) is 4.23. The van der Waals surface area contributed by atoms with Crippen molar-refractivity contribution in [2.75, 3.05) is 0 Å². The first-order chi connectivity index (χ1) is 11.9. The summed E-state index contributed by atoms with van der Waals surface area (Å²) in [4.78, 5) is 0. The summed E-state index contributed by atoms with van der Waals surface area (Å²) in [6.45, 7) is 0. The van der Waals surface area contributed by atoms with Gasteiger partial charge in [0, 0.05) is 0 Å². The van der Waals surface area contributed by atoms with Gasteiger partial charge in [-0.25, -0.2) is 0 Å². The van der Waals surface area contributed by atoms with Gasteiger partial charge < -0.3 is 0 Å². The zero-order chi connectivity index (χ0) is 15.7. The molecule has 6 rings (SSSR count). The van der Waals surface area contributed by atoms with Gasteiger partial charge in [-0.3, -0.25) is 0 Å². The number of benzene rings is 5. The molecule has 0 heteroatoms. The zero-order valence-corrected chi connectivity index (χ0v) is 13.1. The Labute approximate surface area is 139 Å². The van der Waals surface area contributed by atoms with Crippen LogP contribution in [0.25, 0.3) is 55.2 Å². The van der Waals surface area contributed by atoms with E-state index in [1.165, 1.54) is 54.2 Å². The molecule has 1 aliphatic rings. The molecule has 0 fully saturated rings. The Morgan fingerprint density at radius 1 is 0.458 bits per heavy atom. The van der Waals surface area contributed by atoms with Gasteiger partial charge in [-0.1, -0.05) is 66.7 Å². The average molecular weight is 302 g/mol. The largest absolute Gasteiger partial charge is 0.0616 e. The molecular formula is C24H14. The Morgan fingerprint density at radius 3 is 2.29 bits per heavy atom. The van der Waals surface area contributed by atoms with Gasteiger partial charge in [0.1, 0.15) is 0 Å². The van der Waals surface area contributed by atoms with Crippen LogP contribution in [-0.4, -0.2) is 0 Å². The molecule has 5 aromatic rings. The van der Waals surface area contributed by atoms with Gasteiger partial charge in [-0.05, 0) is 72.4 Å². The summed E-state index contributed by atoms with van der Waals surface area (Å²) in [5.41, 5.74) is 2.70. The minimum absolute atomic E-state index is 1.30. The summed E-state index contributed by atoms with van der Waals surface area (Å²) in [6, 6.07) is 26.8. The third-order valence-corrected chi connectivity index (χ3v) is 5.34. The maximum absolute atomic E-state index is 2.38. The highest BCUT2D eigenvalue weighted by Crippen LogP contribution is 2.39. The van der Waals surface area contributed by atoms with Crippen LogP contribution in [0.1, 0.15) is 11.1 Å². The molecule has 0 heterocycles. The number of rotatable bonds is 0. The molecule has 0 atom stereocenters. The SMILES string of the molecule is C1=Cc2c3cc4c(ccc5ccccc54)cc3cc3cccc1c23. The first-order valence-electron chi connectivity index (χ1n) is 8.37. The fraction of sp³-hybridized carbons (Fsp3) is 0. The monoisotopic (exact) mass is 302 g/mol. The predicted octanol–water partition coefficient (Wildman–Crippen LogP) is 6.78. The normalized spacial score (nSPS) is 12.8. The highest BCUT2D eigenvalue weighted by Gasteiger charge is 2.13. The van der Waals surface area contributed by atoms with Crippen LogP contribution in [0, 0.1) is 0 Å². The lowest BCUT2D eigenvalue weighted by atomic mass is 9.93. The van der Waals surface area contributed by atoms with Crippen LogP contribution in [-0.2, 0) is 0 Å². The van der Waals surface area contributed by atoms with Crippen molar-refractivity contribution in [3.05, 3.63) is 83.9 Å². The molecule has 24 heavy (non-hydrogen) atoms. The average Bonchev–Trinajstić information content (AvgIpc) is 3.06. The van der Waals surface area contributed by atoms with Crippen molar-refractivity contribution in [2.24, 2.45) is 0 Å². The van der Waals surface area contributed by atoms with Crippen molar-refractivity contribution < 1.29 is 0 Å². The maximum Gasteiger partial charge on any atom is -0.00324 e. The topological polar surface area (TPSA) is 0 Å². The zero-order valence-electron chi connectivity index (χ0n) is 13.1. The summed E-state index contributed by atoms with van der Waals surface area (Å²) in [7, 11) is 0. The van der Waals surface area contributed by atoms with E-state index in [-0.39, 0.29) is 0 Å². The summed E-state index contributed by atoms with van der Waals surface area (Å²) >= 11 is 0. The van der Waals surface area contributed by atoms with Crippen LogP contribution >= 0.6 is 0 Å². The molecule has 0 bridgehead atoms. The van der Waals surface area contributed by atoms with E-state index in [1.807, 2.05) is 0 Å². The van der Waals surface area contributed by atoms with Gasteiger partial charge in [0.15, 0.2) is 0 Å². The molecule has 1 aliphatic carbocycles. The lowest BCUT2D eigenvalue weighted by molar-refractivity contribution is 1.76. The summed E-state index contributed by atoms with van der Waals surface area (Å²) in [6.07, 6.45) is 4.52. The Bertz CT molecular complexity index is 1340. The predicted molar refractivity (Wildman–Crippen MR) is 105 cm³/mol. The highest BCUT2D eigenvalue weighted by molar-refractivity contribution is 6.19. The molecule has 0 amide bonds. The van der Waals surface area contributed by atoms with Gasteiger partial charge in [0.2, 0.25) is 0 Å². The molecule has 0 radical (unpaired) electrons. The van der Waals surface area contributed by atoms with Crippen molar-refractivity contribution in [3.63, 3.8) is 0 Å². The van der Waals surface area contributed by atoms with Gasteiger partial charge in [0.05, 0.1) is 0 Å². The second-order valence-corrected chi connectivity index (χ2v) is 6.65. The summed E-state index contributed by atoms with van der Waals surface area (Å²) < 4.78 is 0. The van der Waals surface area contributed by atoms with Crippen molar-refractivity contribution in [1.29, 1.82) is 0 Å². The molecule has 0 N–H and O–H groups in total. The smallest absolute Gasteiger partial charge is 0.00324 e. The van der Waals surface area contributed by atoms with Crippen molar-refractivity contribution in [1.82, 2.24) is 0 Å². The number of hydrogen-bond acceptors (Lipinski definition) is 0. The molecule has 0 nitrogen and oxygen atoms in total. The molecule has 0 aliphatic heterocycles. The Morgan fingerprint density at radius 2 is 1.29 bits per heavy atom. The van der Waals surface area contributed by atoms with Gasteiger partial charge in [0.25, 0.3) is 0 Å². The Kier molecular flexibility index (Phi) is 2.18. The standard InChI is InChI=1S/C24H14/c1-2-7-20-15(4-1)8-9-17-12-19-13-18-6-3-5-16-10-11-21(24(16)18)23(19)14-22(17)20/h1-14H. The first-order valence-corrected chi connectivity index (χ1v) is 8.37. The second kappa shape index (κ2) is 4.24. The van der Waals surface area contributed by atoms with Crippen LogP contribution in [0.4, 0.5) is 0 Å². The quantitative estimate of drug-likeness (QED) is 0.214. The first kappa shape index (κ1) is 12.3. The molecule has 0 aromatic heterocycles. The number of fused-ring (bicyclic) bond motifs is 5. The van der Waals surface area contributed by atoms with E-state index in [1.54, 1.807) is 0 Å². The van der Waals surface area contributed by atoms with Gasteiger partial charge in [-0.15, -0.1) is 0 Å². The fourth-order valence-corrected chi connectivity index (χ4v) is 4.23. The van der Waals surface area contributed by atoms with E-state index in [4.69, 9.17) is 0 Å². The molecule has 0 saturated heterocycles. The molecule has 0 unspecified atom stereocenters. The second-order valence-electron chi connectivity index (χ2n) is 6.65. The number of hydrogen-bond donors (Lipinski definition) is 0. The van der Waals surface area contributed by atoms with E-state index < -0.39 is 0 Å². The van der Waals surface area contributed by atoms with Crippen molar-refractivity contribution >= 4 is 55.2 Å². The third kappa shape index (κ3) is 1.48. The molecule has 0 saturated carbocycles. The van der Waals surface area contributed by atoms with Crippen LogP contribution < -0.4 is 0 Å². The maximum atomic E-state index is 2.38. The molecule has 110 valence electrons. The van der Waals surface area contributed by atoms with Crippen LogP contribution in [0.5, 0.6) is 0 Å². The lowest BCUT2D eigenvalue weighted by Crippen LogP contribution is -1.85. The Balaban J connectivity index is 1.88. The van der Waals surface area contributed by atoms with Crippen LogP contribution in [0.15, 0.2) is 72.8 Å². The minimum Gasteiger partial charge on any atom is -0.0616 e. The van der Waals surface area contributed by atoms with E-state index in [0.29, 0.717) is 0 Å². The van der Waals surface area contributed by atoms with Crippen molar-refractivity contribution in [2.45, 2.75) is 0 Å². The van der Waals surface area contributed by atoms with E-state index in [9.17, 15) is 0 Å². The summed E-state index contributed by atoms with van der Waals surface area (Å²) in [5.74, 6) is 0. The highest BCUT2D eigenvalue weighted by atomic mass is 14.2. The minimum atomic E-state index is 1.30. The third-order valence-electron chi connectivity index (χ3n) is 5.34. The molecule has 5 aromatic carbocycles. The Hall–Kier alpha value is -3.12. The van der Waals surface area contributed by atoms with E-state index >= 15 is 0 Å². The van der Waals surface area contributed by atoms with Crippen LogP contribution in [0.3, 0.4) is 0 Å². The van der Waals surface area contributed by atoms with E-state index in [2.05, 4.69) is 84.9 Å². The molecular weight excluding hydrogens is 288 g/mol. The van der Waals surface area contributed by atoms with Crippen molar-refractivity contribution in [3.8, 4) is 0 Å². The van der Waals surface area contributed by atoms with Crippen LogP contribution in [0.2, 0.25) is 0 Å². The van der Waals surface area contributed by atoms with Gasteiger partial charge >= 0.3 is 0 Å². The lowest BCUT2D eigenvalue weighted by Gasteiger charge is -2.10. The van der Waals surface area contributed by atoms with E-state index in [0.717, 1.165) is 0 Å². The van der Waals surface area contributed by atoms with Gasteiger partial charge in [-0.2, -0.15) is 0 Å². The summed E-state index contributed by atoms with van der Waals surface area (Å²) in [5, 5.41) is 10.7.